The van der Waals surface area contributed by atoms with Crippen LogP contribution in [-0.4, -0.2) is 18.4 Å². The van der Waals surface area contributed by atoms with Gasteiger partial charge in [-0.2, -0.15) is 0 Å². The number of halogens is 1. The Bertz CT molecular complexity index is 671. The zero-order valence-corrected chi connectivity index (χ0v) is 14.1. The molecular formula is C16H15IN2O3. The number of hydrogen-bond donors (Lipinski definition) is 2. The number of carbonyl (C=O) groups excluding carboxylic acids is 2. The predicted molar refractivity (Wildman–Crippen MR) is 94.0 cm³/mol. The van der Waals surface area contributed by atoms with E-state index in [0.29, 0.717) is 11.4 Å². The molecule has 2 aromatic carbocycles. The van der Waals surface area contributed by atoms with Crippen LogP contribution < -0.4 is 15.4 Å². The van der Waals surface area contributed by atoms with Crippen LogP contribution >= 0.6 is 22.6 Å². The summed E-state index contributed by atoms with van der Waals surface area (Å²) < 4.78 is 6.38. The monoisotopic (exact) mass is 410 g/mol. The van der Waals surface area contributed by atoms with E-state index >= 15 is 0 Å². The van der Waals surface area contributed by atoms with Crippen molar-refractivity contribution in [2.75, 3.05) is 17.2 Å². The van der Waals surface area contributed by atoms with E-state index in [1.54, 1.807) is 24.3 Å². The Hall–Kier alpha value is -2.09. The number of para-hydroxylation sites is 1. The molecule has 22 heavy (non-hydrogen) atoms. The lowest BCUT2D eigenvalue weighted by atomic mass is 10.3. The first-order valence-corrected chi connectivity index (χ1v) is 7.67. The molecule has 0 saturated carbocycles. The largest absolute Gasteiger partial charge is 0.484 e. The van der Waals surface area contributed by atoms with Crippen molar-refractivity contribution in [1.29, 1.82) is 0 Å². The standard InChI is InChI=1S/C16H15IN2O3/c1-11(20)18-12-6-8-13(9-7-12)22-10-16(21)19-15-5-3-2-4-14(15)17/h2-9H,10H2,1H3,(H,18,20)(H,19,21). The summed E-state index contributed by atoms with van der Waals surface area (Å²) >= 11 is 2.16. The lowest BCUT2D eigenvalue weighted by Gasteiger charge is -2.09. The van der Waals surface area contributed by atoms with Crippen LogP contribution in [0, 0.1) is 3.57 Å². The van der Waals surface area contributed by atoms with E-state index in [9.17, 15) is 9.59 Å². The van der Waals surface area contributed by atoms with E-state index in [4.69, 9.17) is 4.74 Å². The van der Waals surface area contributed by atoms with Crippen molar-refractivity contribution in [3.8, 4) is 5.75 Å². The summed E-state index contributed by atoms with van der Waals surface area (Å²) in [5.74, 6) is 0.201. The van der Waals surface area contributed by atoms with Crippen molar-refractivity contribution in [2.45, 2.75) is 6.92 Å². The van der Waals surface area contributed by atoms with Gasteiger partial charge in [0.1, 0.15) is 5.75 Å². The van der Waals surface area contributed by atoms with Gasteiger partial charge in [-0.1, -0.05) is 12.1 Å². The van der Waals surface area contributed by atoms with Gasteiger partial charge >= 0.3 is 0 Å². The fraction of sp³-hybridized carbons (Fsp3) is 0.125. The highest BCUT2D eigenvalue weighted by atomic mass is 127. The van der Waals surface area contributed by atoms with Crippen LogP contribution in [0.25, 0.3) is 0 Å². The Kier molecular flexibility index (Phi) is 5.76. The second kappa shape index (κ2) is 7.79. The number of amides is 2. The molecule has 0 bridgehead atoms. The average molecular weight is 410 g/mol. The maximum absolute atomic E-state index is 11.9. The van der Waals surface area contributed by atoms with Crippen LogP contribution in [0.4, 0.5) is 11.4 Å². The van der Waals surface area contributed by atoms with Crippen molar-refractivity contribution >= 4 is 45.8 Å². The lowest BCUT2D eigenvalue weighted by molar-refractivity contribution is -0.118. The summed E-state index contributed by atoms with van der Waals surface area (Å²) in [6, 6.07) is 14.4. The molecule has 2 aromatic rings. The van der Waals surface area contributed by atoms with Crippen LogP contribution in [0.3, 0.4) is 0 Å². The topological polar surface area (TPSA) is 67.4 Å². The second-order valence-corrected chi connectivity index (χ2v) is 5.68. The summed E-state index contributed by atoms with van der Waals surface area (Å²) in [6.45, 7) is 1.37. The number of rotatable bonds is 5. The van der Waals surface area contributed by atoms with Crippen molar-refractivity contribution in [1.82, 2.24) is 0 Å². The quantitative estimate of drug-likeness (QED) is 0.744. The van der Waals surface area contributed by atoms with Gasteiger partial charge in [-0.3, -0.25) is 9.59 Å². The fourth-order valence-corrected chi connectivity index (χ4v) is 2.26. The molecule has 0 spiro atoms. The summed E-state index contributed by atoms with van der Waals surface area (Å²) in [7, 11) is 0. The van der Waals surface area contributed by atoms with Gasteiger partial charge in [0.25, 0.3) is 5.91 Å². The van der Waals surface area contributed by atoms with Crippen molar-refractivity contribution in [2.24, 2.45) is 0 Å². The van der Waals surface area contributed by atoms with Gasteiger partial charge in [0, 0.05) is 16.2 Å². The van der Waals surface area contributed by atoms with E-state index in [0.717, 1.165) is 9.26 Å². The highest BCUT2D eigenvalue weighted by Gasteiger charge is 2.06. The molecule has 0 aromatic heterocycles. The van der Waals surface area contributed by atoms with Crippen LogP contribution in [0.15, 0.2) is 48.5 Å². The highest BCUT2D eigenvalue weighted by Crippen LogP contribution is 2.18. The molecular weight excluding hydrogens is 395 g/mol. The Morgan fingerprint density at radius 1 is 1.05 bits per heavy atom. The minimum atomic E-state index is -0.227. The molecule has 114 valence electrons. The molecule has 6 heteroatoms. The van der Waals surface area contributed by atoms with Gasteiger partial charge in [0.2, 0.25) is 5.91 Å². The minimum absolute atomic E-state index is 0.0789. The van der Waals surface area contributed by atoms with Gasteiger partial charge < -0.3 is 15.4 Å². The Morgan fingerprint density at radius 2 is 1.73 bits per heavy atom. The number of carbonyl (C=O) groups is 2. The number of hydrogen-bond acceptors (Lipinski definition) is 3. The zero-order chi connectivity index (χ0) is 15.9. The molecule has 2 N–H and O–H groups in total. The van der Waals surface area contributed by atoms with Gasteiger partial charge in [-0.15, -0.1) is 0 Å². The lowest BCUT2D eigenvalue weighted by Crippen LogP contribution is -2.20. The molecule has 2 amide bonds. The van der Waals surface area contributed by atoms with E-state index < -0.39 is 0 Å². The fourth-order valence-electron chi connectivity index (χ4n) is 1.74. The average Bonchev–Trinajstić information content (AvgIpc) is 2.48. The molecule has 0 atom stereocenters. The molecule has 0 aliphatic rings. The first-order chi connectivity index (χ1) is 10.5. The van der Waals surface area contributed by atoms with Gasteiger partial charge in [-0.05, 0) is 59.0 Å². The van der Waals surface area contributed by atoms with Crippen LogP contribution in [0.2, 0.25) is 0 Å². The van der Waals surface area contributed by atoms with Gasteiger partial charge in [0.15, 0.2) is 6.61 Å². The molecule has 0 aliphatic heterocycles. The van der Waals surface area contributed by atoms with E-state index in [1.165, 1.54) is 6.92 Å². The zero-order valence-electron chi connectivity index (χ0n) is 11.9. The molecule has 0 heterocycles. The molecule has 0 aliphatic carbocycles. The first kappa shape index (κ1) is 16.3. The summed E-state index contributed by atoms with van der Waals surface area (Å²) in [6.07, 6.45) is 0. The SMILES string of the molecule is CC(=O)Nc1ccc(OCC(=O)Nc2ccccc2I)cc1. The van der Waals surface area contributed by atoms with E-state index in [1.807, 2.05) is 24.3 Å². The van der Waals surface area contributed by atoms with Crippen molar-refractivity contribution in [3.05, 3.63) is 52.1 Å². The van der Waals surface area contributed by atoms with Crippen molar-refractivity contribution < 1.29 is 14.3 Å². The van der Waals surface area contributed by atoms with Crippen LogP contribution in [0.5, 0.6) is 5.75 Å². The van der Waals surface area contributed by atoms with E-state index in [-0.39, 0.29) is 18.4 Å². The number of ether oxygens (including phenoxy) is 1. The minimum Gasteiger partial charge on any atom is -0.484 e. The Balaban J connectivity index is 1.86. The summed E-state index contributed by atoms with van der Waals surface area (Å²) in [5, 5.41) is 5.45. The molecule has 2 rings (SSSR count). The maximum atomic E-state index is 11.9. The third kappa shape index (κ3) is 5.03. The Morgan fingerprint density at radius 3 is 2.36 bits per heavy atom. The second-order valence-electron chi connectivity index (χ2n) is 4.52. The first-order valence-electron chi connectivity index (χ1n) is 6.59. The van der Waals surface area contributed by atoms with Crippen LogP contribution in [0.1, 0.15) is 6.92 Å². The molecule has 0 unspecified atom stereocenters. The summed E-state index contributed by atoms with van der Waals surface area (Å²) in [5.41, 5.74) is 1.45. The van der Waals surface area contributed by atoms with Gasteiger partial charge in [0.05, 0.1) is 5.69 Å². The summed E-state index contributed by atoms with van der Waals surface area (Å²) in [4.78, 5) is 22.8. The highest BCUT2D eigenvalue weighted by molar-refractivity contribution is 14.1. The maximum Gasteiger partial charge on any atom is 0.262 e. The smallest absolute Gasteiger partial charge is 0.262 e. The van der Waals surface area contributed by atoms with Crippen LogP contribution in [-0.2, 0) is 9.59 Å². The molecule has 5 nitrogen and oxygen atoms in total. The molecule has 0 fully saturated rings. The third-order valence-corrected chi connectivity index (χ3v) is 3.63. The predicted octanol–water partition coefficient (Wildman–Crippen LogP) is 3.27. The number of anilines is 2. The molecule has 0 saturated heterocycles. The molecule has 0 radical (unpaired) electrons. The van der Waals surface area contributed by atoms with Gasteiger partial charge in [-0.25, -0.2) is 0 Å². The Labute approximate surface area is 142 Å². The van der Waals surface area contributed by atoms with E-state index in [2.05, 4.69) is 33.2 Å². The number of nitrogens with one attached hydrogen (secondary N) is 2. The normalized spacial score (nSPS) is 9.91. The number of benzene rings is 2. The third-order valence-electron chi connectivity index (χ3n) is 2.69. The van der Waals surface area contributed by atoms with Crippen molar-refractivity contribution in [3.63, 3.8) is 0 Å².